The maximum absolute atomic E-state index is 15.4. The third-order valence-electron chi connectivity index (χ3n) is 14.3. The van der Waals surface area contributed by atoms with Crippen LogP contribution in [0.5, 0.6) is 0 Å². The van der Waals surface area contributed by atoms with Gasteiger partial charge in [0.2, 0.25) is 23.6 Å². The Labute approximate surface area is 457 Å². The van der Waals surface area contributed by atoms with Crippen LogP contribution in [0.25, 0.3) is 38.2 Å². The van der Waals surface area contributed by atoms with Gasteiger partial charge < -0.3 is 50.5 Å². The van der Waals surface area contributed by atoms with Crippen molar-refractivity contribution in [2.45, 2.75) is 97.1 Å². The van der Waals surface area contributed by atoms with Gasteiger partial charge in [-0.2, -0.15) is 0 Å². The third kappa shape index (κ3) is 14.9. The molecule has 0 bridgehead atoms. The van der Waals surface area contributed by atoms with Crippen molar-refractivity contribution in [2.75, 3.05) is 72.4 Å². The number of rotatable bonds is 22. The molecule has 3 aliphatic heterocycles. The van der Waals surface area contributed by atoms with Crippen molar-refractivity contribution in [1.82, 2.24) is 45.6 Å². The Bertz CT molecular complexity index is 2920. The van der Waals surface area contributed by atoms with Crippen LogP contribution in [0.1, 0.15) is 75.4 Å². The fourth-order valence-corrected chi connectivity index (χ4v) is 10.6. The summed E-state index contributed by atoms with van der Waals surface area (Å²) < 4.78 is 47.6. The Hall–Kier alpha value is -6.62. The van der Waals surface area contributed by atoms with E-state index >= 15 is 8.78 Å². The number of morpholine rings is 1. The molecule has 21 heteroatoms. The minimum Gasteiger partial charge on any atom is -0.391 e. The molecular formula is C57H70F2N10O8S. The van der Waals surface area contributed by atoms with E-state index in [0.29, 0.717) is 85.7 Å². The molecule has 8 rings (SSSR count). The molecule has 5 aromatic rings. The number of nitrogens with one attached hydrogen (secondary N) is 4. The predicted molar refractivity (Wildman–Crippen MR) is 293 cm³/mol. The first-order chi connectivity index (χ1) is 37.6. The molecular weight excluding hydrogens is 1020 g/mol. The number of aliphatic hydroxyl groups is 1. The highest BCUT2D eigenvalue weighted by atomic mass is 32.1. The van der Waals surface area contributed by atoms with Crippen LogP contribution in [0.3, 0.4) is 0 Å². The number of ether oxygens (including phenoxy) is 3. The Morgan fingerprint density at radius 2 is 1.64 bits per heavy atom. The average molecular weight is 1090 g/mol. The van der Waals surface area contributed by atoms with Crippen LogP contribution in [0.4, 0.5) is 8.78 Å². The van der Waals surface area contributed by atoms with E-state index in [4.69, 9.17) is 24.6 Å². The number of thiazole rings is 1. The largest absolute Gasteiger partial charge is 0.391 e. The van der Waals surface area contributed by atoms with Crippen molar-refractivity contribution in [3.8, 4) is 21.6 Å². The molecule has 0 spiro atoms. The van der Waals surface area contributed by atoms with E-state index in [1.54, 1.807) is 52.3 Å². The summed E-state index contributed by atoms with van der Waals surface area (Å²) in [4.78, 5) is 73.6. The zero-order valence-corrected chi connectivity index (χ0v) is 45.5. The highest BCUT2D eigenvalue weighted by molar-refractivity contribution is 7.13. The van der Waals surface area contributed by atoms with Gasteiger partial charge in [0.15, 0.2) is 0 Å². The number of benzene rings is 3. The standard InChI is InChI=1S/C57H70F2N10O8S/c1-36-53(78-35-64-36)38-10-8-37(9-11-38)30-63-55(73)49-28-42(70)33-69(49)56(74)54(57(2,3)4)66-50(71)14-20-75-24-25-76-21-15-51(72)68-16-12-41(13-17-68)61-31-40(29-60)48-32-62-47-7-5-6-43(52(47)65-48)39-26-45(58)44(46(59)27-39)34-67-18-22-77-23-19-67/h5-11,26-27,29,31-32,35,41-42,49,54,60-61,70H,12-25,28,30,33-34H2,1-4H3,(H,63,73)(H,66,71)/b40-31+,60-29?/t42-,49?,54?/m1/s1. The second-order valence-electron chi connectivity index (χ2n) is 21.0. The highest BCUT2D eigenvalue weighted by Gasteiger charge is 2.44. The average Bonchev–Trinajstić information content (AvgIpc) is 4.13. The van der Waals surface area contributed by atoms with Gasteiger partial charge in [0.25, 0.3) is 0 Å². The van der Waals surface area contributed by atoms with E-state index in [0.717, 1.165) is 21.7 Å². The summed E-state index contributed by atoms with van der Waals surface area (Å²) >= 11 is 1.56. The Morgan fingerprint density at radius 3 is 2.31 bits per heavy atom. The first kappa shape index (κ1) is 57.6. The number of aromatic nitrogens is 3. The van der Waals surface area contributed by atoms with Crippen molar-refractivity contribution in [2.24, 2.45) is 5.41 Å². The number of allylic oxidation sites excluding steroid dienone is 1. The quantitative estimate of drug-likeness (QED) is 0.0395. The molecule has 18 nitrogen and oxygen atoms in total. The van der Waals surface area contributed by atoms with Crippen molar-refractivity contribution in [3.63, 3.8) is 0 Å². The summed E-state index contributed by atoms with van der Waals surface area (Å²) in [7, 11) is 0. The van der Waals surface area contributed by atoms with Gasteiger partial charge >= 0.3 is 0 Å². The fraction of sp³-hybridized carbons (Fsp3) is 0.474. The monoisotopic (exact) mass is 1090 g/mol. The minimum absolute atomic E-state index is 0.0107. The first-order valence-corrected chi connectivity index (χ1v) is 27.4. The van der Waals surface area contributed by atoms with Gasteiger partial charge in [0.05, 0.1) is 91.2 Å². The fourth-order valence-electron chi connectivity index (χ4n) is 9.81. The number of likely N-dealkylation sites (tertiary alicyclic amines) is 2. The van der Waals surface area contributed by atoms with Crippen LogP contribution in [-0.2, 0) is 46.5 Å². The van der Waals surface area contributed by atoms with E-state index in [-0.39, 0.29) is 88.7 Å². The number of β-amino-alcohol motifs (C(OH)–C–C–N with tert-alkyl or cyclic N) is 1. The lowest BCUT2D eigenvalue weighted by molar-refractivity contribution is -0.144. The van der Waals surface area contributed by atoms with Gasteiger partial charge in [-0.1, -0.05) is 57.2 Å². The number of para-hydroxylation sites is 1. The van der Waals surface area contributed by atoms with Crippen molar-refractivity contribution in [1.29, 1.82) is 5.41 Å². The van der Waals surface area contributed by atoms with Crippen LogP contribution in [0.15, 0.2) is 72.5 Å². The predicted octanol–water partition coefficient (Wildman–Crippen LogP) is 6.03. The normalized spacial score (nSPS) is 18.0. The molecule has 416 valence electrons. The molecule has 3 aromatic carbocycles. The summed E-state index contributed by atoms with van der Waals surface area (Å²) in [5.41, 5.74) is 6.71. The van der Waals surface area contributed by atoms with Gasteiger partial charge in [0, 0.05) is 93.8 Å². The number of halogens is 2. The third-order valence-corrected chi connectivity index (χ3v) is 15.3. The number of amides is 4. The number of nitrogens with zero attached hydrogens (tertiary/aromatic N) is 6. The molecule has 0 saturated carbocycles. The topological polar surface area (TPSA) is 225 Å². The summed E-state index contributed by atoms with van der Waals surface area (Å²) in [6.07, 6.45) is 5.18. The molecule has 5 heterocycles. The number of piperidine rings is 1. The molecule has 4 amide bonds. The Kier molecular flexibility index (Phi) is 19.8. The highest BCUT2D eigenvalue weighted by Crippen LogP contribution is 2.32. The summed E-state index contributed by atoms with van der Waals surface area (Å²) in [6.45, 7) is 11.8. The van der Waals surface area contributed by atoms with Gasteiger partial charge in [0.1, 0.15) is 23.7 Å². The molecule has 0 aliphatic carbocycles. The van der Waals surface area contributed by atoms with Crippen molar-refractivity contribution < 1.29 is 47.3 Å². The molecule has 3 atom stereocenters. The smallest absolute Gasteiger partial charge is 0.246 e. The van der Waals surface area contributed by atoms with Crippen LogP contribution in [-0.4, -0.2) is 161 Å². The van der Waals surface area contributed by atoms with E-state index in [1.807, 2.05) is 56.9 Å². The van der Waals surface area contributed by atoms with E-state index in [1.165, 1.54) is 23.2 Å². The molecule has 3 fully saturated rings. The lowest BCUT2D eigenvalue weighted by atomic mass is 9.85. The summed E-state index contributed by atoms with van der Waals surface area (Å²) in [5, 5.41) is 27.9. The van der Waals surface area contributed by atoms with Crippen LogP contribution >= 0.6 is 11.3 Å². The lowest BCUT2D eigenvalue weighted by Gasteiger charge is -2.35. The van der Waals surface area contributed by atoms with E-state index in [9.17, 15) is 24.3 Å². The molecule has 0 radical (unpaired) electrons. The molecule has 5 N–H and O–H groups in total. The van der Waals surface area contributed by atoms with Crippen molar-refractivity contribution in [3.05, 3.63) is 107 Å². The Balaban J connectivity index is 0.722. The lowest BCUT2D eigenvalue weighted by Crippen LogP contribution is -2.57. The van der Waals surface area contributed by atoms with E-state index < -0.39 is 47.1 Å². The van der Waals surface area contributed by atoms with Crippen LogP contribution < -0.4 is 16.0 Å². The van der Waals surface area contributed by atoms with Gasteiger partial charge in [-0.25, -0.2) is 18.7 Å². The summed E-state index contributed by atoms with van der Waals surface area (Å²) in [5.74, 6) is -2.53. The van der Waals surface area contributed by atoms with Gasteiger partial charge in [-0.05, 0) is 60.1 Å². The molecule has 2 unspecified atom stereocenters. The number of carbonyl (C=O) groups is 4. The zero-order chi connectivity index (χ0) is 55.3. The number of aliphatic hydroxyl groups excluding tert-OH is 1. The zero-order valence-electron chi connectivity index (χ0n) is 44.7. The minimum atomic E-state index is -0.966. The van der Waals surface area contributed by atoms with Crippen molar-refractivity contribution >= 4 is 57.8 Å². The molecule has 3 saturated heterocycles. The second-order valence-corrected chi connectivity index (χ2v) is 21.8. The number of hydrogen-bond acceptors (Lipinski definition) is 15. The molecule has 3 aliphatic rings. The maximum atomic E-state index is 15.4. The Morgan fingerprint density at radius 1 is 0.936 bits per heavy atom. The van der Waals surface area contributed by atoms with Crippen LogP contribution in [0, 0.1) is 29.4 Å². The molecule has 2 aromatic heterocycles. The first-order valence-electron chi connectivity index (χ1n) is 26.6. The van der Waals surface area contributed by atoms with Gasteiger partial charge in [-0.15, -0.1) is 11.3 Å². The number of hydrogen-bond donors (Lipinski definition) is 5. The number of carbonyl (C=O) groups excluding carboxylic acids is 4. The maximum Gasteiger partial charge on any atom is 0.246 e. The van der Waals surface area contributed by atoms with E-state index in [2.05, 4.69) is 25.9 Å². The number of aryl methyl sites for hydroxylation is 1. The second kappa shape index (κ2) is 26.8. The number of fused-ring (bicyclic) bond motifs is 1. The van der Waals surface area contributed by atoms with Gasteiger partial charge in [-0.3, -0.25) is 29.1 Å². The molecule has 78 heavy (non-hydrogen) atoms. The SMILES string of the molecule is Cc1ncsc1-c1ccc(CNC(=O)C2C[C@@H](O)CN2C(=O)C(NC(=O)CCOCCOCCC(=O)N2CCC(N/C=C(\C=N)c3cnc4cccc(-c5cc(F)c(CN6CCOCC6)c(F)c5)c4n3)CC2)C(C)(C)C)cc1. The van der Waals surface area contributed by atoms with Crippen LogP contribution in [0.2, 0.25) is 0 Å². The summed E-state index contributed by atoms with van der Waals surface area (Å²) in [6, 6.07) is 14.0.